The first-order valence-corrected chi connectivity index (χ1v) is 12.2. The van der Waals surface area contributed by atoms with E-state index in [-0.39, 0.29) is 5.91 Å². The molecule has 1 aliphatic carbocycles. The van der Waals surface area contributed by atoms with Crippen molar-refractivity contribution in [1.29, 1.82) is 0 Å². The van der Waals surface area contributed by atoms with Crippen LogP contribution in [0.5, 0.6) is 0 Å². The van der Waals surface area contributed by atoms with Gasteiger partial charge in [0.1, 0.15) is 0 Å². The third kappa shape index (κ3) is 5.43. The fourth-order valence-electron chi connectivity index (χ4n) is 4.53. The molecule has 1 atom stereocenters. The molecule has 0 spiro atoms. The summed E-state index contributed by atoms with van der Waals surface area (Å²) in [5, 5.41) is 6.05. The number of rotatable bonds is 9. The molecule has 0 saturated heterocycles. The highest BCUT2D eigenvalue weighted by atomic mass is 32.1. The number of fused-ring (bicyclic) bond motifs is 2. The molecule has 0 saturated carbocycles. The normalized spacial score (nSPS) is 15.9. The van der Waals surface area contributed by atoms with Crippen molar-refractivity contribution >= 4 is 33.1 Å². The Morgan fingerprint density at radius 2 is 2.03 bits per heavy atom. The molecule has 1 amide bonds. The summed E-state index contributed by atoms with van der Waals surface area (Å²) in [6.45, 7) is 5.16. The van der Waals surface area contributed by atoms with Crippen LogP contribution in [-0.2, 0) is 12.8 Å². The number of amides is 1. The summed E-state index contributed by atoms with van der Waals surface area (Å²) in [4.78, 5) is 21.0. The number of benzene rings is 2. The average molecular weight is 437 g/mol. The molecule has 0 fully saturated rings. The fraction of sp³-hybridized carbons (Fsp3) is 0.440. The van der Waals surface area contributed by atoms with E-state index in [0.717, 1.165) is 68.0 Å². The minimum atomic E-state index is 0.0127. The number of aromatic nitrogens is 1. The SMILES string of the molecule is CCCN(CCCCNC(=O)c1ccc2ccccc2c1)C1CCc2nc(N)sc2C1. The number of anilines is 1. The molecule has 31 heavy (non-hydrogen) atoms. The van der Waals surface area contributed by atoms with Crippen molar-refractivity contribution in [2.24, 2.45) is 0 Å². The van der Waals surface area contributed by atoms with Gasteiger partial charge in [-0.05, 0) is 74.5 Å². The van der Waals surface area contributed by atoms with Gasteiger partial charge in [0.2, 0.25) is 0 Å². The summed E-state index contributed by atoms with van der Waals surface area (Å²) in [6, 6.07) is 14.6. The van der Waals surface area contributed by atoms with E-state index in [1.54, 1.807) is 11.3 Å². The Hall–Kier alpha value is -2.44. The van der Waals surface area contributed by atoms with Crippen LogP contribution in [0.15, 0.2) is 42.5 Å². The molecule has 2 aromatic carbocycles. The second-order valence-corrected chi connectivity index (χ2v) is 9.49. The van der Waals surface area contributed by atoms with Gasteiger partial charge in [0.05, 0.1) is 5.69 Å². The highest BCUT2D eigenvalue weighted by Gasteiger charge is 2.26. The maximum atomic E-state index is 12.5. The minimum absolute atomic E-state index is 0.0127. The van der Waals surface area contributed by atoms with Crippen LogP contribution in [0.25, 0.3) is 10.8 Å². The van der Waals surface area contributed by atoms with E-state index >= 15 is 0 Å². The van der Waals surface area contributed by atoms with Crippen LogP contribution in [-0.4, -0.2) is 41.5 Å². The van der Waals surface area contributed by atoms with Crippen molar-refractivity contribution in [2.45, 2.75) is 51.5 Å². The van der Waals surface area contributed by atoms with Gasteiger partial charge in [-0.2, -0.15) is 0 Å². The lowest BCUT2D eigenvalue weighted by Crippen LogP contribution is -2.40. The number of carbonyl (C=O) groups excluding carboxylic acids is 1. The Kier molecular flexibility index (Phi) is 7.20. The number of hydrogen-bond donors (Lipinski definition) is 2. The summed E-state index contributed by atoms with van der Waals surface area (Å²) < 4.78 is 0. The molecular formula is C25H32N4OS. The fourth-order valence-corrected chi connectivity index (χ4v) is 5.48. The van der Waals surface area contributed by atoms with Crippen molar-refractivity contribution in [2.75, 3.05) is 25.4 Å². The summed E-state index contributed by atoms with van der Waals surface area (Å²) in [5.41, 5.74) is 7.85. The minimum Gasteiger partial charge on any atom is -0.375 e. The molecule has 164 valence electrons. The zero-order chi connectivity index (χ0) is 21.6. The quantitative estimate of drug-likeness (QED) is 0.479. The number of thiazole rings is 1. The average Bonchev–Trinajstić information content (AvgIpc) is 3.16. The predicted molar refractivity (Wildman–Crippen MR) is 130 cm³/mol. The number of nitrogens with zero attached hydrogens (tertiary/aromatic N) is 2. The highest BCUT2D eigenvalue weighted by molar-refractivity contribution is 7.15. The molecule has 1 unspecified atom stereocenters. The summed E-state index contributed by atoms with van der Waals surface area (Å²) in [7, 11) is 0. The topological polar surface area (TPSA) is 71.2 Å². The first-order valence-electron chi connectivity index (χ1n) is 11.4. The molecule has 6 heteroatoms. The van der Waals surface area contributed by atoms with E-state index in [2.05, 4.69) is 28.2 Å². The Bertz CT molecular complexity index is 1030. The van der Waals surface area contributed by atoms with Crippen molar-refractivity contribution < 1.29 is 4.79 Å². The standard InChI is InChI=1S/C25H32N4OS/c1-2-14-29(21-11-12-22-23(17-21)31-25(26)28-22)15-6-5-13-27-24(30)20-10-9-18-7-3-4-8-19(18)16-20/h3-4,7-10,16,21H,2,5-6,11-15,17H2,1H3,(H2,26,28)(H,27,30). The zero-order valence-corrected chi connectivity index (χ0v) is 19.1. The summed E-state index contributed by atoms with van der Waals surface area (Å²) in [5.74, 6) is 0.0127. The maximum absolute atomic E-state index is 12.5. The molecule has 5 nitrogen and oxygen atoms in total. The van der Waals surface area contributed by atoms with Crippen LogP contribution in [0.2, 0.25) is 0 Å². The van der Waals surface area contributed by atoms with Crippen LogP contribution in [0.3, 0.4) is 0 Å². The number of nitrogens with two attached hydrogens (primary N) is 1. The molecule has 0 aliphatic heterocycles. The number of nitrogens with one attached hydrogen (secondary N) is 1. The van der Waals surface area contributed by atoms with Crippen molar-refractivity contribution in [3.05, 3.63) is 58.6 Å². The van der Waals surface area contributed by atoms with Gasteiger partial charge in [-0.3, -0.25) is 4.79 Å². The van der Waals surface area contributed by atoms with Gasteiger partial charge in [-0.25, -0.2) is 4.98 Å². The largest absolute Gasteiger partial charge is 0.375 e. The van der Waals surface area contributed by atoms with Crippen molar-refractivity contribution in [3.8, 4) is 0 Å². The molecule has 0 bridgehead atoms. The maximum Gasteiger partial charge on any atom is 0.251 e. The van der Waals surface area contributed by atoms with Crippen LogP contribution >= 0.6 is 11.3 Å². The van der Waals surface area contributed by atoms with Crippen LogP contribution < -0.4 is 11.1 Å². The van der Waals surface area contributed by atoms with E-state index in [1.165, 1.54) is 10.6 Å². The molecule has 3 N–H and O–H groups in total. The number of nitrogen functional groups attached to an aromatic ring is 1. The van der Waals surface area contributed by atoms with Gasteiger partial charge in [0, 0.05) is 23.0 Å². The van der Waals surface area contributed by atoms with E-state index < -0.39 is 0 Å². The highest BCUT2D eigenvalue weighted by Crippen LogP contribution is 2.30. The van der Waals surface area contributed by atoms with Gasteiger partial charge in [-0.1, -0.05) is 37.3 Å². The number of unbranched alkanes of at least 4 members (excludes halogenated alkanes) is 1. The third-order valence-electron chi connectivity index (χ3n) is 6.13. The van der Waals surface area contributed by atoms with Crippen LogP contribution in [0.4, 0.5) is 5.13 Å². The van der Waals surface area contributed by atoms with E-state index in [1.807, 2.05) is 36.4 Å². The van der Waals surface area contributed by atoms with Gasteiger partial charge in [-0.15, -0.1) is 11.3 Å². The number of carbonyl (C=O) groups is 1. The van der Waals surface area contributed by atoms with Crippen molar-refractivity contribution in [1.82, 2.24) is 15.2 Å². The molecule has 3 aromatic rings. The van der Waals surface area contributed by atoms with E-state index in [9.17, 15) is 4.79 Å². The molecule has 0 radical (unpaired) electrons. The Balaban J connectivity index is 1.23. The summed E-state index contributed by atoms with van der Waals surface area (Å²) >= 11 is 1.66. The smallest absolute Gasteiger partial charge is 0.251 e. The Morgan fingerprint density at radius 1 is 1.19 bits per heavy atom. The van der Waals surface area contributed by atoms with Crippen LogP contribution in [0.1, 0.15) is 53.5 Å². The molecule has 1 aliphatic rings. The summed E-state index contributed by atoms with van der Waals surface area (Å²) in [6.07, 6.45) is 6.51. The van der Waals surface area contributed by atoms with Gasteiger partial charge >= 0.3 is 0 Å². The van der Waals surface area contributed by atoms with Gasteiger partial charge in [0.15, 0.2) is 5.13 Å². The molecule has 1 heterocycles. The van der Waals surface area contributed by atoms with E-state index in [4.69, 9.17) is 5.73 Å². The first kappa shape index (κ1) is 21.8. The predicted octanol–water partition coefficient (Wildman–Crippen LogP) is 4.66. The zero-order valence-electron chi connectivity index (χ0n) is 18.3. The lowest BCUT2D eigenvalue weighted by atomic mass is 9.96. The van der Waals surface area contributed by atoms with E-state index in [0.29, 0.717) is 17.7 Å². The molecule has 1 aromatic heterocycles. The lowest BCUT2D eigenvalue weighted by Gasteiger charge is -2.33. The Labute approximate surface area is 188 Å². The number of hydrogen-bond acceptors (Lipinski definition) is 5. The Morgan fingerprint density at radius 3 is 2.87 bits per heavy atom. The molecule has 4 rings (SSSR count). The van der Waals surface area contributed by atoms with Crippen molar-refractivity contribution in [3.63, 3.8) is 0 Å². The second-order valence-electron chi connectivity index (χ2n) is 8.38. The molecular weight excluding hydrogens is 404 g/mol. The first-order chi connectivity index (χ1) is 15.1. The third-order valence-corrected chi connectivity index (χ3v) is 7.08. The van der Waals surface area contributed by atoms with Gasteiger partial charge < -0.3 is 16.0 Å². The monoisotopic (exact) mass is 436 g/mol. The van der Waals surface area contributed by atoms with Crippen LogP contribution in [0, 0.1) is 0 Å². The lowest BCUT2D eigenvalue weighted by molar-refractivity contribution is 0.0952. The second kappa shape index (κ2) is 10.2. The van der Waals surface area contributed by atoms with Gasteiger partial charge in [0.25, 0.3) is 5.91 Å². The number of aryl methyl sites for hydroxylation is 1.